The molecule has 88 valence electrons. The molecule has 14 heavy (non-hydrogen) atoms. The fourth-order valence-corrected chi connectivity index (χ4v) is 0.634. The molecule has 0 saturated heterocycles. The zero-order valence-electron chi connectivity index (χ0n) is 9.53. The minimum absolute atomic E-state index is 0.0278. The van der Waals surface area contributed by atoms with Crippen LogP contribution in [0.5, 0.6) is 0 Å². The van der Waals surface area contributed by atoms with Crippen molar-refractivity contribution in [1.82, 2.24) is 0 Å². The summed E-state index contributed by atoms with van der Waals surface area (Å²) in [5.41, 5.74) is 0. The average Bonchev–Trinajstić information content (AvgIpc) is 2.20. The molecule has 0 spiro atoms. The predicted molar refractivity (Wildman–Crippen MR) is 56.4 cm³/mol. The zero-order chi connectivity index (χ0) is 11.2. The Bertz CT molecular complexity index is 84.2. The third-order valence-electron chi connectivity index (χ3n) is 1.50. The van der Waals surface area contributed by atoms with Gasteiger partial charge in [-0.2, -0.15) is 0 Å². The van der Waals surface area contributed by atoms with Gasteiger partial charge in [-0.1, -0.05) is 6.92 Å². The third-order valence-corrected chi connectivity index (χ3v) is 1.50. The molecule has 0 heterocycles. The van der Waals surface area contributed by atoms with Crippen molar-refractivity contribution in [2.45, 2.75) is 33.3 Å². The maximum absolute atomic E-state index is 8.09. The van der Waals surface area contributed by atoms with E-state index < -0.39 is 0 Å². The van der Waals surface area contributed by atoms with E-state index >= 15 is 0 Å². The number of rotatable bonds is 7. The first-order valence-electron chi connectivity index (χ1n) is 5.13. The lowest BCUT2D eigenvalue weighted by Gasteiger charge is -2.05. The van der Waals surface area contributed by atoms with E-state index in [1.807, 2.05) is 6.92 Å². The highest BCUT2D eigenvalue weighted by Crippen LogP contribution is 1.92. The fourth-order valence-electron chi connectivity index (χ4n) is 0.634. The van der Waals surface area contributed by atoms with Crippen LogP contribution in [0.2, 0.25) is 0 Å². The Morgan fingerprint density at radius 2 is 1.57 bits per heavy atom. The van der Waals surface area contributed by atoms with Crippen molar-refractivity contribution < 1.29 is 19.7 Å². The van der Waals surface area contributed by atoms with E-state index in [0.717, 1.165) is 13.0 Å². The standard InChI is InChI=1S/C6H14O.C4H10O3/c1-4-6(3)7-5-2;5-1-3-7-4-2-6/h6H,4-5H2,1-3H3;5-6H,1-4H2. The quantitative estimate of drug-likeness (QED) is 0.608. The van der Waals surface area contributed by atoms with Gasteiger partial charge in [-0.05, 0) is 20.3 Å². The molecule has 0 bridgehead atoms. The molecule has 0 aliphatic heterocycles. The summed E-state index contributed by atoms with van der Waals surface area (Å²) in [6.07, 6.45) is 1.57. The van der Waals surface area contributed by atoms with Crippen molar-refractivity contribution in [2.75, 3.05) is 33.0 Å². The van der Waals surface area contributed by atoms with E-state index in [9.17, 15) is 0 Å². The first-order chi connectivity index (χ1) is 6.72. The van der Waals surface area contributed by atoms with Gasteiger partial charge in [0.2, 0.25) is 0 Å². The molecular weight excluding hydrogens is 184 g/mol. The van der Waals surface area contributed by atoms with Crippen LogP contribution in [0.4, 0.5) is 0 Å². The molecule has 1 atom stereocenters. The number of hydrogen-bond acceptors (Lipinski definition) is 4. The van der Waals surface area contributed by atoms with Crippen molar-refractivity contribution >= 4 is 0 Å². The van der Waals surface area contributed by atoms with Crippen LogP contribution in [-0.2, 0) is 9.47 Å². The van der Waals surface area contributed by atoms with Gasteiger partial charge in [0, 0.05) is 6.61 Å². The summed E-state index contributed by atoms with van der Waals surface area (Å²) in [6, 6.07) is 0. The second-order valence-electron chi connectivity index (χ2n) is 2.73. The van der Waals surface area contributed by atoms with E-state index in [0.29, 0.717) is 19.3 Å². The van der Waals surface area contributed by atoms with Crippen molar-refractivity contribution in [3.63, 3.8) is 0 Å². The molecule has 2 N–H and O–H groups in total. The lowest BCUT2D eigenvalue weighted by atomic mass is 10.3. The molecule has 0 aliphatic rings. The smallest absolute Gasteiger partial charge is 0.0698 e. The third kappa shape index (κ3) is 17.8. The number of ether oxygens (including phenoxy) is 2. The van der Waals surface area contributed by atoms with Crippen LogP contribution in [0.25, 0.3) is 0 Å². The van der Waals surface area contributed by atoms with Crippen LogP contribution in [0.15, 0.2) is 0 Å². The van der Waals surface area contributed by atoms with Crippen molar-refractivity contribution in [1.29, 1.82) is 0 Å². The Labute approximate surface area is 86.8 Å². The molecule has 4 nitrogen and oxygen atoms in total. The largest absolute Gasteiger partial charge is 0.394 e. The molecule has 0 aromatic rings. The molecule has 0 amide bonds. The highest BCUT2D eigenvalue weighted by Gasteiger charge is 1.91. The molecule has 0 aliphatic carbocycles. The van der Waals surface area contributed by atoms with Crippen LogP contribution in [0, 0.1) is 0 Å². The minimum Gasteiger partial charge on any atom is -0.394 e. The topological polar surface area (TPSA) is 58.9 Å². The summed E-state index contributed by atoms with van der Waals surface area (Å²) >= 11 is 0. The Kier molecular flexibility index (Phi) is 17.8. The maximum Gasteiger partial charge on any atom is 0.0698 e. The Balaban J connectivity index is 0. The van der Waals surface area contributed by atoms with Crippen molar-refractivity contribution in [2.24, 2.45) is 0 Å². The summed E-state index contributed by atoms with van der Waals surface area (Å²) in [4.78, 5) is 0. The molecule has 4 heteroatoms. The summed E-state index contributed by atoms with van der Waals surface area (Å²) < 4.78 is 9.82. The van der Waals surface area contributed by atoms with Crippen LogP contribution >= 0.6 is 0 Å². The SMILES string of the molecule is CCOC(C)CC.OCCOCCO. The highest BCUT2D eigenvalue weighted by molar-refractivity contribution is 4.40. The lowest BCUT2D eigenvalue weighted by Crippen LogP contribution is -2.04. The number of aliphatic hydroxyl groups excluding tert-OH is 2. The molecule has 0 aromatic heterocycles. The molecule has 0 radical (unpaired) electrons. The van der Waals surface area contributed by atoms with Gasteiger partial charge in [-0.25, -0.2) is 0 Å². The fraction of sp³-hybridized carbons (Fsp3) is 1.00. The molecule has 0 rings (SSSR count). The van der Waals surface area contributed by atoms with Crippen molar-refractivity contribution in [3.8, 4) is 0 Å². The lowest BCUT2D eigenvalue weighted by molar-refractivity contribution is 0.0650. The summed E-state index contributed by atoms with van der Waals surface area (Å²) in [5.74, 6) is 0. The first kappa shape index (κ1) is 16.3. The van der Waals surface area contributed by atoms with E-state index in [2.05, 4.69) is 18.6 Å². The zero-order valence-corrected chi connectivity index (χ0v) is 9.53. The first-order valence-corrected chi connectivity index (χ1v) is 5.13. The Morgan fingerprint density at radius 1 is 1.07 bits per heavy atom. The van der Waals surface area contributed by atoms with E-state index in [4.69, 9.17) is 14.9 Å². The second kappa shape index (κ2) is 15.3. The molecule has 0 saturated carbocycles. The van der Waals surface area contributed by atoms with Crippen LogP contribution in [0.1, 0.15) is 27.2 Å². The van der Waals surface area contributed by atoms with Gasteiger partial charge in [0.05, 0.1) is 32.5 Å². The van der Waals surface area contributed by atoms with Crippen molar-refractivity contribution in [3.05, 3.63) is 0 Å². The summed E-state index contributed by atoms with van der Waals surface area (Å²) in [7, 11) is 0. The molecule has 0 aromatic carbocycles. The minimum atomic E-state index is 0.0278. The van der Waals surface area contributed by atoms with Gasteiger partial charge in [0.15, 0.2) is 0 Å². The summed E-state index contributed by atoms with van der Waals surface area (Å²) in [5, 5.41) is 16.2. The van der Waals surface area contributed by atoms with E-state index in [1.54, 1.807) is 0 Å². The monoisotopic (exact) mass is 208 g/mol. The molecule has 0 fully saturated rings. The van der Waals surface area contributed by atoms with Gasteiger partial charge in [0.25, 0.3) is 0 Å². The average molecular weight is 208 g/mol. The highest BCUT2D eigenvalue weighted by atomic mass is 16.5. The van der Waals surface area contributed by atoms with Gasteiger partial charge < -0.3 is 19.7 Å². The van der Waals surface area contributed by atoms with Gasteiger partial charge in [-0.3, -0.25) is 0 Å². The van der Waals surface area contributed by atoms with E-state index in [-0.39, 0.29) is 13.2 Å². The van der Waals surface area contributed by atoms with E-state index in [1.165, 1.54) is 0 Å². The second-order valence-corrected chi connectivity index (χ2v) is 2.73. The van der Waals surface area contributed by atoms with Gasteiger partial charge >= 0.3 is 0 Å². The predicted octanol–water partition coefficient (Wildman–Crippen LogP) is 0.809. The molecular formula is C10H24O4. The van der Waals surface area contributed by atoms with Crippen LogP contribution < -0.4 is 0 Å². The summed E-state index contributed by atoms with van der Waals surface area (Å²) in [6.45, 7) is 7.77. The number of hydrogen-bond donors (Lipinski definition) is 2. The Hall–Kier alpha value is -0.160. The van der Waals surface area contributed by atoms with Crippen LogP contribution in [-0.4, -0.2) is 49.4 Å². The molecule has 1 unspecified atom stereocenters. The Morgan fingerprint density at radius 3 is 1.79 bits per heavy atom. The number of aliphatic hydroxyl groups is 2. The normalized spacial score (nSPS) is 11.8. The van der Waals surface area contributed by atoms with Gasteiger partial charge in [-0.15, -0.1) is 0 Å². The van der Waals surface area contributed by atoms with Gasteiger partial charge in [0.1, 0.15) is 0 Å². The van der Waals surface area contributed by atoms with Crippen LogP contribution in [0.3, 0.4) is 0 Å². The maximum atomic E-state index is 8.09.